The fourth-order valence-corrected chi connectivity index (χ4v) is 6.33. The second kappa shape index (κ2) is 6.36. The fourth-order valence-electron chi connectivity index (χ4n) is 6.33. The molecule has 0 N–H and O–H groups in total. The molecule has 0 saturated heterocycles. The number of ether oxygens (including phenoxy) is 1. The third kappa shape index (κ3) is 2.10. The van der Waals surface area contributed by atoms with Gasteiger partial charge in [0.25, 0.3) is 0 Å². The first-order valence-corrected chi connectivity index (χ1v) is 11.7. The molecule has 0 aliphatic heterocycles. The summed E-state index contributed by atoms with van der Waals surface area (Å²) in [7, 11) is 1.77. The van der Waals surface area contributed by atoms with Gasteiger partial charge in [0.05, 0.1) is 7.11 Å². The number of benzene rings is 6. The summed E-state index contributed by atoms with van der Waals surface area (Å²) in [5, 5.41) is 15.9. The first-order chi connectivity index (χ1) is 16.8. The molecule has 0 aromatic heterocycles. The van der Waals surface area contributed by atoms with Crippen LogP contribution in [0.3, 0.4) is 0 Å². The first kappa shape index (κ1) is 18.1. The van der Waals surface area contributed by atoms with E-state index in [1.165, 1.54) is 75.8 Å². The van der Waals surface area contributed by atoms with Gasteiger partial charge in [0.15, 0.2) is 0 Å². The van der Waals surface area contributed by atoms with Gasteiger partial charge in [-0.1, -0.05) is 91.0 Å². The summed E-state index contributed by atoms with van der Waals surface area (Å²) >= 11 is 0. The smallest absolute Gasteiger partial charge is 0.120 e. The summed E-state index contributed by atoms with van der Waals surface area (Å²) in [4.78, 5) is 0. The maximum Gasteiger partial charge on any atom is 0.120 e. The number of hydrogen-bond donors (Lipinski definition) is 0. The molecule has 0 unspecified atom stereocenters. The van der Waals surface area contributed by atoms with Crippen LogP contribution in [0, 0.1) is 0 Å². The van der Waals surface area contributed by atoms with Gasteiger partial charge in [-0.25, -0.2) is 0 Å². The molecule has 8 rings (SSSR count). The van der Waals surface area contributed by atoms with Crippen molar-refractivity contribution in [1.82, 2.24) is 0 Å². The van der Waals surface area contributed by atoms with Gasteiger partial charge >= 0.3 is 0 Å². The lowest BCUT2D eigenvalue weighted by Crippen LogP contribution is -1.87. The molecule has 0 atom stereocenters. The number of fused-ring (bicyclic) bond motifs is 7. The summed E-state index contributed by atoms with van der Waals surface area (Å²) < 4.78 is 5.83. The van der Waals surface area contributed by atoms with E-state index in [1.807, 2.05) is 0 Å². The largest absolute Gasteiger partial charge is 0.497 e. The Labute approximate surface area is 196 Å². The van der Waals surface area contributed by atoms with Crippen molar-refractivity contribution < 1.29 is 4.74 Å². The Bertz CT molecular complexity index is 2030. The molecule has 0 radical (unpaired) electrons. The summed E-state index contributed by atoms with van der Waals surface area (Å²) in [5.41, 5.74) is 2.54. The summed E-state index contributed by atoms with van der Waals surface area (Å²) in [6.45, 7) is 0. The average Bonchev–Trinajstić information content (AvgIpc) is 3.40. The van der Waals surface area contributed by atoms with Crippen LogP contribution in [0.2, 0.25) is 0 Å². The van der Waals surface area contributed by atoms with Crippen LogP contribution in [0.1, 0.15) is 0 Å². The van der Waals surface area contributed by atoms with Gasteiger partial charge in [-0.2, -0.15) is 0 Å². The van der Waals surface area contributed by atoms with E-state index in [1.54, 1.807) is 7.11 Å². The second-order valence-electron chi connectivity index (χ2n) is 9.22. The van der Waals surface area contributed by atoms with Gasteiger partial charge in [-0.05, 0) is 87.9 Å². The Morgan fingerprint density at radius 1 is 0.441 bits per heavy atom. The van der Waals surface area contributed by atoms with Crippen LogP contribution in [0.4, 0.5) is 0 Å². The summed E-state index contributed by atoms with van der Waals surface area (Å²) in [6.07, 6.45) is 0. The molecule has 1 nitrogen and oxygen atoms in total. The molecule has 0 spiro atoms. The van der Waals surface area contributed by atoms with E-state index >= 15 is 0 Å². The van der Waals surface area contributed by atoms with Crippen LogP contribution < -0.4 is 4.74 Å². The number of hydrogen-bond acceptors (Lipinski definition) is 1. The van der Waals surface area contributed by atoms with Crippen molar-refractivity contribution in [2.75, 3.05) is 7.11 Å². The van der Waals surface area contributed by atoms with Crippen molar-refractivity contribution in [3.8, 4) is 16.9 Å². The van der Waals surface area contributed by atoms with E-state index in [2.05, 4.69) is 103 Å². The molecule has 0 aliphatic carbocycles. The Morgan fingerprint density at radius 3 is 1.82 bits per heavy atom. The molecule has 0 heterocycles. The Hall–Kier alpha value is -4.36. The molecule has 158 valence electrons. The van der Waals surface area contributed by atoms with Crippen LogP contribution in [-0.4, -0.2) is 7.11 Å². The molecular formula is C33H20O. The van der Waals surface area contributed by atoms with Crippen LogP contribution >= 0.6 is 0 Å². The average molecular weight is 433 g/mol. The van der Waals surface area contributed by atoms with Crippen molar-refractivity contribution in [3.05, 3.63) is 103 Å². The van der Waals surface area contributed by atoms with Crippen LogP contribution in [0.15, 0.2) is 103 Å². The van der Waals surface area contributed by atoms with Gasteiger partial charge < -0.3 is 4.74 Å². The zero-order chi connectivity index (χ0) is 22.4. The molecule has 0 aliphatic rings. The molecule has 1 heteroatoms. The highest BCUT2D eigenvalue weighted by Gasteiger charge is 2.24. The van der Waals surface area contributed by atoms with E-state index in [9.17, 15) is 0 Å². The zero-order valence-corrected chi connectivity index (χ0v) is 18.7. The molecular weight excluding hydrogens is 412 g/mol. The lowest BCUT2D eigenvalue weighted by molar-refractivity contribution is 0.416. The van der Waals surface area contributed by atoms with E-state index < -0.39 is 0 Å². The van der Waals surface area contributed by atoms with E-state index in [0.29, 0.717) is 0 Å². The van der Waals surface area contributed by atoms with E-state index in [0.717, 1.165) is 5.75 Å². The lowest BCUT2D eigenvalue weighted by Gasteiger charge is -2.14. The fraction of sp³-hybridized carbons (Fsp3) is 0.0303. The Balaban J connectivity index is 1.83. The van der Waals surface area contributed by atoms with Crippen molar-refractivity contribution >= 4 is 64.6 Å². The van der Waals surface area contributed by atoms with E-state index in [-0.39, 0.29) is 0 Å². The Morgan fingerprint density at radius 2 is 1.06 bits per heavy atom. The van der Waals surface area contributed by atoms with Crippen molar-refractivity contribution in [2.24, 2.45) is 0 Å². The van der Waals surface area contributed by atoms with Crippen LogP contribution in [0.25, 0.3) is 75.8 Å². The molecule has 0 saturated carbocycles. The monoisotopic (exact) mass is 432 g/mol. The normalized spacial score (nSPS) is 12.3. The molecule has 8 aromatic carbocycles. The maximum atomic E-state index is 5.83. The molecule has 0 bridgehead atoms. The topological polar surface area (TPSA) is 9.23 Å². The molecule has 0 fully saturated rings. The van der Waals surface area contributed by atoms with Gasteiger partial charge in [-0.15, -0.1) is 0 Å². The van der Waals surface area contributed by atoms with Crippen molar-refractivity contribution in [2.45, 2.75) is 0 Å². The quantitative estimate of drug-likeness (QED) is 0.265. The molecule has 34 heavy (non-hydrogen) atoms. The highest BCUT2D eigenvalue weighted by molar-refractivity contribution is 6.48. The minimum absolute atomic E-state index is 0.899. The zero-order valence-electron chi connectivity index (χ0n) is 18.7. The third-order valence-electron chi connectivity index (χ3n) is 7.61. The van der Waals surface area contributed by atoms with Gasteiger partial charge in [-0.3, -0.25) is 0 Å². The SMILES string of the molecule is COc1cc2c(-c3ccccc3)c3c4cccc5cccc(c54)c3c3c4ccccc4c(c1)c23. The highest BCUT2D eigenvalue weighted by atomic mass is 16.5. The summed E-state index contributed by atoms with van der Waals surface area (Å²) in [6, 6.07) is 37.6. The van der Waals surface area contributed by atoms with Gasteiger partial charge in [0.2, 0.25) is 0 Å². The predicted octanol–water partition coefficient (Wildman–Crippen LogP) is 9.16. The minimum atomic E-state index is 0.899. The van der Waals surface area contributed by atoms with Crippen molar-refractivity contribution in [1.29, 1.82) is 0 Å². The molecule has 0 amide bonds. The van der Waals surface area contributed by atoms with Crippen molar-refractivity contribution in [3.63, 3.8) is 0 Å². The number of rotatable bonds is 2. The number of methoxy groups -OCH3 is 1. The van der Waals surface area contributed by atoms with Crippen LogP contribution in [0.5, 0.6) is 5.75 Å². The standard InChI is InChI=1S/C33H20O/c1-34-21-17-26-22-13-5-6-14-23(22)31-30(26)27(18-21)29(20-9-3-2-4-10-20)32-24-15-7-11-19-12-8-16-25(28(19)24)33(31)32/h2-18H,1H3. The minimum Gasteiger partial charge on any atom is -0.497 e. The van der Waals surface area contributed by atoms with Gasteiger partial charge in [0.1, 0.15) is 5.75 Å². The summed E-state index contributed by atoms with van der Waals surface area (Å²) in [5.74, 6) is 0.899. The third-order valence-corrected chi connectivity index (χ3v) is 7.61. The van der Waals surface area contributed by atoms with E-state index in [4.69, 9.17) is 4.74 Å². The Kier molecular flexibility index (Phi) is 3.39. The predicted molar refractivity (Wildman–Crippen MR) is 146 cm³/mol. The second-order valence-corrected chi connectivity index (χ2v) is 9.22. The maximum absolute atomic E-state index is 5.83. The van der Waals surface area contributed by atoms with Gasteiger partial charge in [0, 0.05) is 0 Å². The lowest BCUT2D eigenvalue weighted by atomic mass is 9.90. The molecule has 8 aromatic rings. The van der Waals surface area contributed by atoms with Crippen LogP contribution in [-0.2, 0) is 0 Å². The first-order valence-electron chi connectivity index (χ1n) is 11.7. The highest BCUT2D eigenvalue weighted by Crippen LogP contribution is 2.53.